The molecule has 0 unspecified atom stereocenters. The summed E-state index contributed by atoms with van der Waals surface area (Å²) in [5.74, 6) is 0.0131. The Morgan fingerprint density at radius 3 is 2.45 bits per heavy atom. The van der Waals surface area contributed by atoms with E-state index in [1.807, 2.05) is 13.0 Å². The van der Waals surface area contributed by atoms with E-state index in [4.69, 9.17) is 21.1 Å². The van der Waals surface area contributed by atoms with Gasteiger partial charge in [0, 0.05) is 17.3 Å². The van der Waals surface area contributed by atoms with Crippen molar-refractivity contribution in [3.8, 4) is 17.2 Å². The number of aryl methyl sites for hydroxylation is 1. The molecule has 172 valence electrons. The standard InChI is InChI=1S/C23H18ClF3N2O4/c1-3-32-22-10-15(13-28-18-12-17(24)7-4-14(18)2)5-8-21(22)33-20-9-6-16(23(25,26)27)11-19(20)29(30)31/h4-13H,3H2,1-2H3. The zero-order valence-electron chi connectivity index (χ0n) is 17.5. The zero-order chi connectivity index (χ0) is 24.2. The smallest absolute Gasteiger partial charge is 0.416 e. The number of nitro benzene ring substituents is 1. The lowest BCUT2D eigenvalue weighted by molar-refractivity contribution is -0.385. The zero-order valence-corrected chi connectivity index (χ0v) is 18.3. The Balaban J connectivity index is 1.94. The van der Waals surface area contributed by atoms with E-state index in [0.717, 1.165) is 17.7 Å². The van der Waals surface area contributed by atoms with Gasteiger partial charge >= 0.3 is 11.9 Å². The molecule has 0 heterocycles. The van der Waals surface area contributed by atoms with Crippen LogP contribution in [-0.2, 0) is 6.18 Å². The normalized spacial score (nSPS) is 11.6. The van der Waals surface area contributed by atoms with Crippen LogP contribution in [0.1, 0.15) is 23.6 Å². The summed E-state index contributed by atoms with van der Waals surface area (Å²) in [6.07, 6.45) is -3.13. The Morgan fingerprint density at radius 2 is 1.79 bits per heavy atom. The first-order valence-electron chi connectivity index (χ1n) is 9.69. The molecule has 0 saturated heterocycles. The molecule has 0 aliphatic heterocycles. The number of hydrogen-bond donors (Lipinski definition) is 0. The monoisotopic (exact) mass is 478 g/mol. The summed E-state index contributed by atoms with van der Waals surface area (Å²) in [5.41, 5.74) is 0.298. The van der Waals surface area contributed by atoms with Crippen LogP contribution in [0, 0.1) is 17.0 Å². The average molecular weight is 479 g/mol. The van der Waals surface area contributed by atoms with Gasteiger partial charge in [0.1, 0.15) is 0 Å². The first-order valence-corrected chi connectivity index (χ1v) is 10.1. The molecular weight excluding hydrogens is 461 g/mol. The third kappa shape index (κ3) is 6.01. The maximum absolute atomic E-state index is 12.9. The van der Waals surface area contributed by atoms with E-state index >= 15 is 0 Å². The van der Waals surface area contributed by atoms with Gasteiger partial charge in [0.15, 0.2) is 11.5 Å². The third-order valence-corrected chi connectivity index (χ3v) is 4.73. The summed E-state index contributed by atoms with van der Waals surface area (Å²) >= 11 is 6.01. The van der Waals surface area contributed by atoms with Crippen molar-refractivity contribution < 1.29 is 27.6 Å². The molecule has 0 radical (unpaired) electrons. The summed E-state index contributed by atoms with van der Waals surface area (Å²) in [5, 5.41) is 11.9. The second-order valence-electron chi connectivity index (χ2n) is 6.87. The predicted molar refractivity (Wildman–Crippen MR) is 119 cm³/mol. The number of aliphatic imine (C=N–C) groups is 1. The fourth-order valence-corrected chi connectivity index (χ4v) is 3.03. The molecule has 3 aromatic rings. The highest BCUT2D eigenvalue weighted by Crippen LogP contribution is 2.40. The van der Waals surface area contributed by atoms with Crippen LogP contribution in [-0.4, -0.2) is 17.7 Å². The van der Waals surface area contributed by atoms with Crippen molar-refractivity contribution in [3.05, 3.63) is 86.4 Å². The molecule has 0 fully saturated rings. The van der Waals surface area contributed by atoms with Gasteiger partial charge in [-0.05, 0) is 67.4 Å². The molecule has 0 bridgehead atoms. The fraction of sp³-hybridized carbons (Fsp3) is 0.174. The van der Waals surface area contributed by atoms with E-state index in [1.165, 1.54) is 6.07 Å². The second-order valence-corrected chi connectivity index (χ2v) is 7.30. The van der Waals surface area contributed by atoms with Crippen LogP contribution >= 0.6 is 11.6 Å². The minimum absolute atomic E-state index is 0.107. The molecule has 0 atom stereocenters. The van der Waals surface area contributed by atoms with E-state index in [1.54, 1.807) is 37.4 Å². The van der Waals surface area contributed by atoms with Crippen LogP contribution in [0.4, 0.5) is 24.5 Å². The van der Waals surface area contributed by atoms with Crippen molar-refractivity contribution in [1.82, 2.24) is 0 Å². The van der Waals surface area contributed by atoms with Gasteiger partial charge < -0.3 is 9.47 Å². The summed E-state index contributed by atoms with van der Waals surface area (Å²) in [6, 6.07) is 12.1. The molecule has 0 aromatic heterocycles. The first kappa shape index (κ1) is 24.1. The van der Waals surface area contributed by atoms with Crippen LogP contribution in [0.2, 0.25) is 5.02 Å². The van der Waals surface area contributed by atoms with Crippen molar-refractivity contribution in [2.45, 2.75) is 20.0 Å². The molecule has 0 aliphatic rings. The number of hydrogen-bond acceptors (Lipinski definition) is 5. The molecule has 10 heteroatoms. The van der Waals surface area contributed by atoms with Crippen molar-refractivity contribution in [1.29, 1.82) is 0 Å². The molecular formula is C23H18ClF3N2O4. The summed E-state index contributed by atoms with van der Waals surface area (Å²) in [7, 11) is 0. The SMILES string of the molecule is CCOc1cc(C=Nc2cc(Cl)ccc2C)ccc1Oc1ccc(C(F)(F)F)cc1[N+](=O)[O-]. The summed E-state index contributed by atoms with van der Waals surface area (Å²) in [4.78, 5) is 14.8. The molecule has 3 rings (SSSR count). The highest BCUT2D eigenvalue weighted by molar-refractivity contribution is 6.30. The van der Waals surface area contributed by atoms with Gasteiger partial charge in [-0.3, -0.25) is 15.1 Å². The molecule has 3 aromatic carbocycles. The minimum atomic E-state index is -4.72. The van der Waals surface area contributed by atoms with Crippen LogP contribution in [0.25, 0.3) is 0 Å². The molecule has 0 amide bonds. The van der Waals surface area contributed by atoms with Crippen molar-refractivity contribution in [3.63, 3.8) is 0 Å². The van der Waals surface area contributed by atoms with Crippen LogP contribution in [0.15, 0.2) is 59.6 Å². The van der Waals surface area contributed by atoms with E-state index in [9.17, 15) is 23.3 Å². The Kier molecular flexibility index (Phi) is 7.23. The Morgan fingerprint density at radius 1 is 1.06 bits per heavy atom. The molecule has 0 spiro atoms. The number of alkyl halides is 3. The summed E-state index contributed by atoms with van der Waals surface area (Å²) in [6.45, 7) is 3.89. The van der Waals surface area contributed by atoms with Crippen LogP contribution in [0.3, 0.4) is 0 Å². The number of halogens is 4. The average Bonchev–Trinajstić information content (AvgIpc) is 2.75. The molecule has 33 heavy (non-hydrogen) atoms. The second kappa shape index (κ2) is 9.91. The van der Waals surface area contributed by atoms with Gasteiger partial charge in [0.05, 0.1) is 22.8 Å². The van der Waals surface area contributed by atoms with Crippen LogP contribution < -0.4 is 9.47 Å². The number of rotatable bonds is 7. The number of nitro groups is 1. The lowest BCUT2D eigenvalue weighted by Crippen LogP contribution is -2.06. The molecule has 0 aliphatic carbocycles. The fourth-order valence-electron chi connectivity index (χ4n) is 2.86. The first-order chi connectivity index (χ1) is 15.6. The van der Waals surface area contributed by atoms with E-state index in [2.05, 4.69) is 4.99 Å². The maximum atomic E-state index is 12.9. The molecule has 0 N–H and O–H groups in total. The van der Waals surface area contributed by atoms with Gasteiger partial charge in [-0.1, -0.05) is 17.7 Å². The summed E-state index contributed by atoms with van der Waals surface area (Å²) < 4.78 is 50.0. The topological polar surface area (TPSA) is 74.0 Å². The van der Waals surface area contributed by atoms with E-state index in [0.29, 0.717) is 22.3 Å². The number of benzene rings is 3. The quantitative estimate of drug-likeness (QED) is 0.200. The van der Waals surface area contributed by atoms with Gasteiger partial charge in [-0.25, -0.2) is 0 Å². The van der Waals surface area contributed by atoms with Crippen LogP contribution in [0.5, 0.6) is 17.2 Å². The molecule has 6 nitrogen and oxygen atoms in total. The number of nitrogens with zero attached hydrogens (tertiary/aromatic N) is 2. The van der Waals surface area contributed by atoms with E-state index < -0.39 is 22.4 Å². The lowest BCUT2D eigenvalue weighted by Gasteiger charge is -2.13. The Bertz CT molecular complexity index is 1210. The predicted octanol–water partition coefficient (Wildman–Crippen LogP) is 7.52. The van der Waals surface area contributed by atoms with E-state index in [-0.39, 0.29) is 23.9 Å². The largest absolute Gasteiger partial charge is 0.490 e. The maximum Gasteiger partial charge on any atom is 0.416 e. The van der Waals surface area contributed by atoms with Gasteiger partial charge in [-0.2, -0.15) is 13.2 Å². The van der Waals surface area contributed by atoms with Gasteiger partial charge in [0.25, 0.3) is 0 Å². The minimum Gasteiger partial charge on any atom is -0.490 e. The van der Waals surface area contributed by atoms with Crippen molar-refractivity contribution in [2.24, 2.45) is 4.99 Å². The van der Waals surface area contributed by atoms with Crippen molar-refractivity contribution >= 4 is 29.2 Å². The van der Waals surface area contributed by atoms with Gasteiger partial charge in [-0.15, -0.1) is 0 Å². The van der Waals surface area contributed by atoms with Gasteiger partial charge in [0.2, 0.25) is 5.75 Å². The number of ether oxygens (including phenoxy) is 2. The third-order valence-electron chi connectivity index (χ3n) is 4.49. The molecule has 0 saturated carbocycles. The highest BCUT2D eigenvalue weighted by atomic mass is 35.5. The highest BCUT2D eigenvalue weighted by Gasteiger charge is 2.33. The Hall–Kier alpha value is -3.59. The van der Waals surface area contributed by atoms with Crippen molar-refractivity contribution in [2.75, 3.05) is 6.61 Å². The lowest BCUT2D eigenvalue weighted by atomic mass is 10.1. The Labute approximate surface area is 192 Å².